The Hall–Kier alpha value is -1.31. The van der Waals surface area contributed by atoms with E-state index < -0.39 is 17.2 Å². The molecule has 19 heavy (non-hydrogen) atoms. The minimum atomic E-state index is -0.851. The number of rotatable bonds is 6. The smallest absolute Gasteiger partial charge is 0.237 e. The van der Waals surface area contributed by atoms with E-state index in [4.69, 9.17) is 10.8 Å². The number of carbonyl (C=O) groups excluding carboxylic acids is 1. The van der Waals surface area contributed by atoms with E-state index in [9.17, 15) is 14.3 Å². The molecule has 1 aromatic rings. The van der Waals surface area contributed by atoms with Gasteiger partial charge in [0.2, 0.25) is 5.91 Å². The van der Waals surface area contributed by atoms with Crippen LogP contribution >= 0.6 is 11.8 Å². The highest BCUT2D eigenvalue weighted by atomic mass is 32.2. The van der Waals surface area contributed by atoms with Crippen LogP contribution in [-0.4, -0.2) is 39.8 Å². The number of nitrogen functional groups attached to an aromatic ring is 1. The van der Waals surface area contributed by atoms with Gasteiger partial charge in [0, 0.05) is 5.75 Å². The molecule has 2 unspecified atom stereocenters. The van der Waals surface area contributed by atoms with Crippen molar-refractivity contribution in [1.82, 2.24) is 0 Å². The van der Waals surface area contributed by atoms with Crippen molar-refractivity contribution in [3.05, 3.63) is 24.0 Å². The van der Waals surface area contributed by atoms with Crippen molar-refractivity contribution in [2.24, 2.45) is 0 Å². The van der Waals surface area contributed by atoms with Gasteiger partial charge in [0.15, 0.2) is 0 Å². The van der Waals surface area contributed by atoms with E-state index in [0.29, 0.717) is 5.69 Å². The van der Waals surface area contributed by atoms with Gasteiger partial charge in [0.25, 0.3) is 0 Å². The lowest BCUT2D eigenvalue weighted by molar-refractivity contribution is -0.115. The molecule has 0 aliphatic carbocycles. The Bertz CT molecular complexity index is 445. The van der Waals surface area contributed by atoms with Crippen LogP contribution in [0.2, 0.25) is 0 Å². The topological polar surface area (TPSA) is 95.6 Å². The Morgan fingerprint density at radius 2 is 2.26 bits per heavy atom. The third-order valence-corrected chi connectivity index (χ3v) is 3.68. The summed E-state index contributed by atoms with van der Waals surface area (Å²) in [6.45, 7) is 1.33. The summed E-state index contributed by atoms with van der Waals surface area (Å²) < 4.78 is 12.8. The second kappa shape index (κ2) is 7.32. The normalized spacial score (nSPS) is 13.9. The summed E-state index contributed by atoms with van der Waals surface area (Å²) in [7, 11) is 0. The van der Waals surface area contributed by atoms with Gasteiger partial charge in [0.1, 0.15) is 5.82 Å². The molecule has 0 aliphatic heterocycles. The van der Waals surface area contributed by atoms with E-state index in [0.717, 1.165) is 6.07 Å². The summed E-state index contributed by atoms with van der Waals surface area (Å²) >= 11 is 1.21. The van der Waals surface area contributed by atoms with Gasteiger partial charge in [-0.2, -0.15) is 0 Å². The zero-order chi connectivity index (χ0) is 14.4. The molecule has 0 aromatic heterocycles. The quantitative estimate of drug-likeness (QED) is 0.581. The summed E-state index contributed by atoms with van der Waals surface area (Å²) in [6.07, 6.45) is -0.851. The monoisotopic (exact) mass is 288 g/mol. The Kier molecular flexibility index (Phi) is 6.07. The Morgan fingerprint density at radius 3 is 2.84 bits per heavy atom. The number of anilines is 2. The van der Waals surface area contributed by atoms with E-state index in [1.165, 1.54) is 23.9 Å². The number of nitrogens with two attached hydrogens (primary N) is 1. The van der Waals surface area contributed by atoms with Gasteiger partial charge in [-0.3, -0.25) is 4.79 Å². The van der Waals surface area contributed by atoms with Gasteiger partial charge in [0.05, 0.1) is 29.3 Å². The summed E-state index contributed by atoms with van der Waals surface area (Å²) in [4.78, 5) is 11.8. The highest BCUT2D eigenvalue weighted by Gasteiger charge is 2.16. The second-order valence-electron chi connectivity index (χ2n) is 4.03. The van der Waals surface area contributed by atoms with Crippen LogP contribution in [-0.2, 0) is 4.79 Å². The number of aliphatic hydroxyl groups is 2. The molecule has 7 heteroatoms. The highest BCUT2D eigenvalue weighted by molar-refractivity contribution is 8.00. The molecule has 0 saturated carbocycles. The number of amides is 1. The van der Waals surface area contributed by atoms with Crippen LogP contribution in [0.3, 0.4) is 0 Å². The zero-order valence-corrected chi connectivity index (χ0v) is 11.3. The molecule has 0 bridgehead atoms. The van der Waals surface area contributed by atoms with Gasteiger partial charge in [-0.1, -0.05) is 0 Å². The van der Waals surface area contributed by atoms with Crippen molar-refractivity contribution in [2.75, 3.05) is 23.4 Å². The summed E-state index contributed by atoms with van der Waals surface area (Å²) in [5.41, 5.74) is 6.08. The fourth-order valence-electron chi connectivity index (χ4n) is 1.27. The lowest BCUT2D eigenvalue weighted by Gasteiger charge is -2.14. The van der Waals surface area contributed by atoms with Crippen LogP contribution in [0.1, 0.15) is 6.92 Å². The van der Waals surface area contributed by atoms with Gasteiger partial charge in [-0.25, -0.2) is 4.39 Å². The maximum absolute atomic E-state index is 12.8. The first-order valence-corrected chi connectivity index (χ1v) is 6.75. The molecule has 0 heterocycles. The molecular formula is C12H17FN2O3S. The lowest BCUT2D eigenvalue weighted by Crippen LogP contribution is -2.25. The van der Waals surface area contributed by atoms with Gasteiger partial charge >= 0.3 is 0 Å². The average Bonchev–Trinajstić information content (AvgIpc) is 2.38. The third-order valence-electron chi connectivity index (χ3n) is 2.39. The predicted molar refractivity (Wildman–Crippen MR) is 74.5 cm³/mol. The third kappa shape index (κ3) is 5.06. The van der Waals surface area contributed by atoms with E-state index in [-0.39, 0.29) is 24.0 Å². The minimum Gasteiger partial charge on any atom is -0.397 e. The van der Waals surface area contributed by atoms with Crippen molar-refractivity contribution in [1.29, 1.82) is 0 Å². The first-order chi connectivity index (χ1) is 8.93. The molecule has 1 aromatic carbocycles. The molecule has 5 N–H and O–H groups in total. The number of aliphatic hydroxyl groups excluding tert-OH is 2. The molecular weight excluding hydrogens is 271 g/mol. The van der Waals surface area contributed by atoms with E-state index in [2.05, 4.69) is 5.32 Å². The molecule has 106 valence electrons. The fourth-order valence-corrected chi connectivity index (χ4v) is 2.09. The van der Waals surface area contributed by atoms with Crippen LogP contribution < -0.4 is 11.1 Å². The first kappa shape index (κ1) is 15.7. The number of thioether (sulfide) groups is 1. The number of hydrogen-bond acceptors (Lipinski definition) is 5. The number of benzene rings is 1. The Morgan fingerprint density at radius 1 is 1.58 bits per heavy atom. The number of halogens is 1. The van der Waals surface area contributed by atoms with Crippen LogP contribution in [0.5, 0.6) is 0 Å². The molecule has 5 nitrogen and oxygen atoms in total. The number of hydrogen-bond donors (Lipinski definition) is 4. The maximum atomic E-state index is 12.8. The predicted octanol–water partition coefficient (Wildman–Crippen LogP) is 0.821. The standard InChI is InChI=1S/C12H17FN2O3S/c1-7(19-6-9(17)5-16)12(18)15-11-3-2-8(13)4-10(11)14/h2-4,7,9,16-17H,5-6,14H2,1H3,(H,15,18). The van der Waals surface area contributed by atoms with Crippen LogP contribution in [0, 0.1) is 5.82 Å². The fraction of sp³-hybridized carbons (Fsp3) is 0.417. The van der Waals surface area contributed by atoms with E-state index in [1.54, 1.807) is 6.92 Å². The van der Waals surface area contributed by atoms with Crippen LogP contribution in [0.15, 0.2) is 18.2 Å². The molecule has 0 aliphatic rings. The second-order valence-corrected chi connectivity index (χ2v) is 5.41. The van der Waals surface area contributed by atoms with Gasteiger partial charge in [-0.15, -0.1) is 11.8 Å². The summed E-state index contributed by atoms with van der Waals surface area (Å²) in [5, 5.41) is 20.0. The maximum Gasteiger partial charge on any atom is 0.237 e. The molecule has 2 atom stereocenters. The van der Waals surface area contributed by atoms with E-state index >= 15 is 0 Å². The van der Waals surface area contributed by atoms with Crippen molar-refractivity contribution >= 4 is 29.0 Å². The van der Waals surface area contributed by atoms with Crippen molar-refractivity contribution in [2.45, 2.75) is 18.3 Å². The van der Waals surface area contributed by atoms with Crippen molar-refractivity contribution in [3.63, 3.8) is 0 Å². The Balaban J connectivity index is 2.54. The van der Waals surface area contributed by atoms with Crippen molar-refractivity contribution in [3.8, 4) is 0 Å². The Labute approximate surface area is 115 Å². The number of nitrogens with one attached hydrogen (secondary N) is 1. The molecule has 0 spiro atoms. The van der Waals surface area contributed by atoms with Gasteiger partial charge in [-0.05, 0) is 25.1 Å². The summed E-state index contributed by atoms with van der Waals surface area (Å²) in [5.74, 6) is -0.512. The zero-order valence-electron chi connectivity index (χ0n) is 10.5. The largest absolute Gasteiger partial charge is 0.397 e. The summed E-state index contributed by atoms with van der Waals surface area (Å²) in [6, 6.07) is 3.73. The molecule has 0 saturated heterocycles. The molecule has 1 amide bonds. The lowest BCUT2D eigenvalue weighted by atomic mass is 10.2. The average molecular weight is 288 g/mol. The molecule has 1 rings (SSSR count). The SMILES string of the molecule is CC(SCC(O)CO)C(=O)Nc1ccc(F)cc1N. The number of carbonyl (C=O) groups is 1. The van der Waals surface area contributed by atoms with Crippen LogP contribution in [0.4, 0.5) is 15.8 Å². The first-order valence-electron chi connectivity index (χ1n) is 5.70. The molecule has 0 fully saturated rings. The van der Waals surface area contributed by atoms with Gasteiger partial charge < -0.3 is 21.3 Å². The van der Waals surface area contributed by atoms with Crippen LogP contribution in [0.25, 0.3) is 0 Å². The minimum absolute atomic E-state index is 0.154. The van der Waals surface area contributed by atoms with Crippen molar-refractivity contribution < 1.29 is 19.4 Å². The highest BCUT2D eigenvalue weighted by Crippen LogP contribution is 2.21. The molecule has 0 radical (unpaired) electrons. The van der Waals surface area contributed by atoms with E-state index in [1.807, 2.05) is 0 Å².